The minimum atomic E-state index is -1.54. The molecule has 1 N–H and O–H groups in total. The first-order valence-corrected chi connectivity index (χ1v) is 3.65. The molecule has 0 aromatic rings. The van der Waals surface area contributed by atoms with Crippen LogP contribution in [-0.2, 0) is 14.8 Å². The highest BCUT2D eigenvalue weighted by Crippen LogP contribution is 2.06. The molecule has 5 heteroatoms. The molecule has 5 nitrogen and oxygen atoms in total. The summed E-state index contributed by atoms with van der Waals surface area (Å²) in [6, 6.07) is 0. The third-order valence-corrected chi connectivity index (χ3v) is 0.389. The summed E-state index contributed by atoms with van der Waals surface area (Å²) in [6.07, 6.45) is 0.212. The van der Waals surface area contributed by atoms with Crippen molar-refractivity contribution in [2.75, 3.05) is 0 Å². The average molecular weight is 192 g/mol. The molecule has 0 aliphatic rings. The van der Waals surface area contributed by atoms with Crippen LogP contribution in [0.1, 0.15) is 27.7 Å². The maximum atomic E-state index is 9.66. The fourth-order valence-electron chi connectivity index (χ4n) is 0.148. The minimum Gasteiger partial charge on any atom is -0.448 e. The van der Waals surface area contributed by atoms with Gasteiger partial charge in [-0.25, -0.2) is 9.68 Å². The molecular weight excluding hydrogens is 176 g/mol. The molecule has 0 heterocycles. The Morgan fingerprint density at radius 2 is 1.85 bits per heavy atom. The maximum Gasteiger partial charge on any atom is 0.540 e. The van der Waals surface area contributed by atoms with E-state index in [0.717, 1.165) is 0 Å². The van der Waals surface area contributed by atoms with Crippen molar-refractivity contribution in [3.05, 3.63) is 12.7 Å². The fraction of sp³-hybridized carbons (Fsp3) is 0.625. The second kappa shape index (κ2) is 7.57. The summed E-state index contributed by atoms with van der Waals surface area (Å²) in [7, 11) is 0. The summed E-state index contributed by atoms with van der Waals surface area (Å²) < 4.78 is 0. The Kier molecular flexibility index (Phi) is 8.42. The smallest absolute Gasteiger partial charge is 0.448 e. The molecule has 0 fully saturated rings. The van der Waals surface area contributed by atoms with Gasteiger partial charge < -0.3 is 5.11 Å². The van der Waals surface area contributed by atoms with Crippen LogP contribution in [0.5, 0.6) is 0 Å². The van der Waals surface area contributed by atoms with Crippen LogP contribution in [0.15, 0.2) is 12.7 Å². The van der Waals surface area contributed by atoms with Gasteiger partial charge in [0.05, 0.1) is 5.60 Å². The first-order valence-electron chi connectivity index (χ1n) is 3.65. The van der Waals surface area contributed by atoms with Crippen LogP contribution < -0.4 is 0 Å². The molecule has 0 radical (unpaired) electrons. The Morgan fingerprint density at radius 1 is 1.46 bits per heavy atom. The summed E-state index contributed by atoms with van der Waals surface area (Å²) >= 11 is 0. The number of allylic oxidation sites excluding steroid dienone is 1. The highest BCUT2D eigenvalue weighted by Gasteiger charge is 2.13. The van der Waals surface area contributed by atoms with Gasteiger partial charge in [-0.2, -0.15) is 4.89 Å². The van der Waals surface area contributed by atoms with Crippen LogP contribution in [0.4, 0.5) is 4.79 Å². The van der Waals surface area contributed by atoms with Gasteiger partial charge in [0.1, 0.15) is 0 Å². The standard InChI is InChI=1S/C5H10O5.C3H6/c1-5(2,3)9-10-8-4(6)7;1-3-2/h1-3H3,(H,6,7);3H,1H2,2H3. The molecule has 0 bridgehead atoms. The third-order valence-electron chi connectivity index (χ3n) is 0.389. The van der Waals surface area contributed by atoms with Crippen molar-refractivity contribution in [3.8, 4) is 0 Å². The normalized spacial score (nSPS) is 9.54. The lowest BCUT2D eigenvalue weighted by Crippen LogP contribution is -2.20. The first-order chi connectivity index (χ1) is 5.83. The predicted molar refractivity (Wildman–Crippen MR) is 46.9 cm³/mol. The van der Waals surface area contributed by atoms with Crippen molar-refractivity contribution in [2.45, 2.75) is 33.3 Å². The van der Waals surface area contributed by atoms with Crippen LogP contribution in [-0.4, -0.2) is 16.9 Å². The quantitative estimate of drug-likeness (QED) is 0.413. The minimum absolute atomic E-state index is 0.574. The van der Waals surface area contributed by atoms with E-state index < -0.39 is 11.8 Å². The second-order valence-electron chi connectivity index (χ2n) is 3.02. The van der Waals surface area contributed by atoms with Crippen molar-refractivity contribution in [3.63, 3.8) is 0 Å². The van der Waals surface area contributed by atoms with Gasteiger partial charge in [0.25, 0.3) is 0 Å². The zero-order valence-corrected chi connectivity index (χ0v) is 8.36. The van der Waals surface area contributed by atoms with Crippen molar-refractivity contribution in [1.29, 1.82) is 0 Å². The van der Waals surface area contributed by atoms with Crippen molar-refractivity contribution in [2.24, 2.45) is 0 Å². The summed E-state index contributed by atoms with van der Waals surface area (Å²) in [5, 5.41) is 11.7. The van der Waals surface area contributed by atoms with Crippen LogP contribution in [0, 0.1) is 0 Å². The summed E-state index contributed by atoms with van der Waals surface area (Å²) in [5.41, 5.74) is -0.574. The molecule has 0 atom stereocenters. The van der Waals surface area contributed by atoms with Gasteiger partial charge in [-0.1, -0.05) is 6.08 Å². The lowest BCUT2D eigenvalue weighted by Gasteiger charge is -2.14. The first kappa shape index (κ1) is 14.5. The molecule has 0 saturated carbocycles. The molecule has 13 heavy (non-hydrogen) atoms. The molecule has 0 aliphatic carbocycles. The van der Waals surface area contributed by atoms with Gasteiger partial charge >= 0.3 is 6.16 Å². The van der Waals surface area contributed by atoms with E-state index in [1.165, 1.54) is 0 Å². The Morgan fingerprint density at radius 3 is 2.08 bits per heavy atom. The van der Waals surface area contributed by atoms with E-state index >= 15 is 0 Å². The summed E-state index contributed by atoms with van der Waals surface area (Å²) in [4.78, 5) is 17.7. The number of hydrogen-bond acceptors (Lipinski definition) is 4. The Balaban J connectivity index is 0. The molecule has 0 amide bonds. The van der Waals surface area contributed by atoms with E-state index in [-0.39, 0.29) is 0 Å². The van der Waals surface area contributed by atoms with E-state index in [9.17, 15) is 4.79 Å². The van der Waals surface area contributed by atoms with E-state index in [0.29, 0.717) is 0 Å². The van der Waals surface area contributed by atoms with E-state index in [1.807, 2.05) is 6.92 Å². The molecule has 0 unspecified atom stereocenters. The molecule has 0 saturated heterocycles. The van der Waals surface area contributed by atoms with Crippen molar-refractivity contribution >= 4 is 6.16 Å². The highest BCUT2D eigenvalue weighted by molar-refractivity contribution is 5.55. The average Bonchev–Trinajstić information content (AvgIpc) is 1.84. The van der Waals surface area contributed by atoms with Crippen LogP contribution in [0.25, 0.3) is 0 Å². The number of rotatable bonds is 2. The fourth-order valence-corrected chi connectivity index (χ4v) is 0.148. The zero-order valence-electron chi connectivity index (χ0n) is 8.36. The number of carbonyl (C=O) groups is 1. The predicted octanol–water partition coefficient (Wildman–Crippen LogP) is 2.54. The van der Waals surface area contributed by atoms with E-state index in [1.54, 1.807) is 26.8 Å². The van der Waals surface area contributed by atoms with Crippen LogP contribution in [0.2, 0.25) is 0 Å². The van der Waals surface area contributed by atoms with Gasteiger partial charge in [-0.3, -0.25) is 0 Å². The lowest BCUT2D eigenvalue weighted by atomic mass is 10.2. The Bertz CT molecular complexity index is 147. The number of hydrogen-bond donors (Lipinski definition) is 1. The van der Waals surface area contributed by atoms with Gasteiger partial charge in [0.15, 0.2) is 0 Å². The van der Waals surface area contributed by atoms with Crippen molar-refractivity contribution in [1.82, 2.24) is 0 Å². The van der Waals surface area contributed by atoms with Crippen LogP contribution in [0.3, 0.4) is 0 Å². The zero-order chi connectivity index (χ0) is 10.9. The molecule has 0 aromatic heterocycles. The van der Waals surface area contributed by atoms with Crippen molar-refractivity contribution < 1.29 is 24.7 Å². The molecule has 0 aliphatic heterocycles. The monoisotopic (exact) mass is 192 g/mol. The topological polar surface area (TPSA) is 65.0 Å². The molecule has 0 spiro atoms. The summed E-state index contributed by atoms with van der Waals surface area (Å²) in [6.45, 7) is 10.3. The second-order valence-corrected chi connectivity index (χ2v) is 3.02. The SMILES string of the molecule is C=CC.CC(C)(C)OOOC(=O)O. The Hall–Kier alpha value is -1.07. The highest BCUT2D eigenvalue weighted by atomic mass is 17.5. The number of carboxylic acid groups (broad SMARTS) is 1. The lowest BCUT2D eigenvalue weighted by molar-refractivity contribution is -0.514. The molecular formula is C8H16O5. The van der Waals surface area contributed by atoms with Gasteiger partial charge in [-0.05, 0) is 32.7 Å². The third kappa shape index (κ3) is 24.8. The van der Waals surface area contributed by atoms with Crippen LogP contribution >= 0.6 is 0 Å². The molecule has 78 valence electrons. The molecule has 0 aromatic carbocycles. The van der Waals surface area contributed by atoms with Gasteiger partial charge in [-0.15, -0.1) is 6.58 Å². The maximum absolute atomic E-state index is 9.66. The van der Waals surface area contributed by atoms with Gasteiger partial charge in [0.2, 0.25) is 0 Å². The largest absolute Gasteiger partial charge is 0.540 e. The Labute approximate surface area is 77.8 Å². The summed E-state index contributed by atoms with van der Waals surface area (Å²) in [5.74, 6) is 0. The van der Waals surface area contributed by atoms with E-state index in [2.05, 4.69) is 21.4 Å². The molecule has 0 rings (SSSR count). The van der Waals surface area contributed by atoms with E-state index in [4.69, 9.17) is 5.11 Å². The van der Waals surface area contributed by atoms with Gasteiger partial charge in [0, 0.05) is 0 Å².